The second-order valence-electron chi connectivity index (χ2n) is 6.36. The maximum atomic E-state index is 12.8. The molecular formula is C21H19Cl2NO4S. The molecule has 1 atom stereocenters. The highest BCUT2D eigenvalue weighted by Gasteiger charge is 2.36. The Kier molecular flexibility index (Phi) is 6.77. The Balaban J connectivity index is 1.92. The number of ether oxygens (including phenoxy) is 2. The van der Waals surface area contributed by atoms with E-state index < -0.39 is 5.91 Å². The van der Waals surface area contributed by atoms with E-state index in [0.717, 1.165) is 23.1 Å². The van der Waals surface area contributed by atoms with Crippen LogP contribution >= 0.6 is 35.0 Å². The summed E-state index contributed by atoms with van der Waals surface area (Å²) in [5.74, 6) is 0.508. The van der Waals surface area contributed by atoms with Crippen molar-refractivity contribution in [2.45, 2.75) is 26.4 Å². The number of halogens is 2. The molecule has 1 aliphatic rings. The fourth-order valence-electron chi connectivity index (χ4n) is 2.65. The lowest BCUT2D eigenvalue weighted by molar-refractivity contribution is -0.113. The molecule has 0 aromatic heterocycles. The molecule has 8 heteroatoms. The number of rotatable bonds is 6. The number of methoxy groups -OCH3 is 1. The van der Waals surface area contributed by atoms with Crippen LogP contribution in [0.2, 0.25) is 10.0 Å². The third kappa shape index (κ3) is 4.71. The van der Waals surface area contributed by atoms with Crippen LogP contribution in [0.25, 0.3) is 6.08 Å². The molecule has 2 aromatic rings. The van der Waals surface area contributed by atoms with E-state index >= 15 is 0 Å². The number of hydrogen-bond acceptors (Lipinski definition) is 5. The summed E-state index contributed by atoms with van der Waals surface area (Å²) in [6.07, 6.45) is 2.41. The van der Waals surface area contributed by atoms with Gasteiger partial charge in [-0.3, -0.25) is 9.59 Å². The van der Waals surface area contributed by atoms with Crippen molar-refractivity contribution < 1.29 is 19.1 Å². The van der Waals surface area contributed by atoms with E-state index in [1.807, 2.05) is 13.8 Å². The highest BCUT2D eigenvalue weighted by Crippen LogP contribution is 2.40. The van der Waals surface area contributed by atoms with E-state index in [9.17, 15) is 9.59 Å². The summed E-state index contributed by atoms with van der Waals surface area (Å²) in [5.41, 5.74) is 1.10. The largest absolute Gasteiger partial charge is 0.493 e. The van der Waals surface area contributed by atoms with Crippen molar-refractivity contribution in [1.29, 1.82) is 0 Å². The molecule has 2 aromatic carbocycles. The zero-order valence-corrected chi connectivity index (χ0v) is 18.4. The lowest BCUT2D eigenvalue weighted by Crippen LogP contribution is -2.27. The average Bonchev–Trinajstić information content (AvgIpc) is 2.97. The second-order valence-corrected chi connectivity index (χ2v) is 8.20. The molecule has 1 heterocycles. The minimum atomic E-state index is -0.405. The van der Waals surface area contributed by atoms with Gasteiger partial charge in [-0.05, 0) is 73.1 Å². The van der Waals surface area contributed by atoms with E-state index in [2.05, 4.69) is 0 Å². The van der Waals surface area contributed by atoms with E-state index in [0.29, 0.717) is 37.7 Å². The van der Waals surface area contributed by atoms with Gasteiger partial charge in [-0.1, -0.05) is 30.1 Å². The van der Waals surface area contributed by atoms with Crippen molar-refractivity contribution in [2.75, 3.05) is 12.0 Å². The molecule has 3 rings (SSSR count). The number of amides is 2. The van der Waals surface area contributed by atoms with Gasteiger partial charge in [0.25, 0.3) is 11.1 Å². The standard InChI is InChI=1S/C21H19Cl2NO4S/c1-4-12(2)28-19-16(23)9-13(10-17(19)27-3)11-18-20(25)24(21(26)29-18)15-7-5-14(22)6-8-15/h5-12H,4H2,1-3H3/b18-11+/t12-/m1/s1. The fraction of sp³-hybridized carbons (Fsp3) is 0.238. The van der Waals surface area contributed by atoms with E-state index in [4.69, 9.17) is 32.7 Å². The fourth-order valence-corrected chi connectivity index (χ4v) is 3.88. The Morgan fingerprint density at radius 1 is 1.17 bits per heavy atom. The zero-order valence-electron chi connectivity index (χ0n) is 16.1. The Hall–Kier alpha value is -2.15. The minimum Gasteiger partial charge on any atom is -0.493 e. The van der Waals surface area contributed by atoms with Crippen LogP contribution in [0.4, 0.5) is 10.5 Å². The van der Waals surface area contributed by atoms with Crippen molar-refractivity contribution >= 4 is 57.9 Å². The molecule has 0 bridgehead atoms. The highest BCUT2D eigenvalue weighted by molar-refractivity contribution is 8.19. The Labute approximate surface area is 183 Å². The predicted molar refractivity (Wildman–Crippen MR) is 118 cm³/mol. The number of anilines is 1. The van der Waals surface area contributed by atoms with Gasteiger partial charge in [0, 0.05) is 5.02 Å². The molecule has 1 saturated heterocycles. The number of thioether (sulfide) groups is 1. The first-order valence-corrected chi connectivity index (χ1v) is 10.5. The third-order valence-electron chi connectivity index (χ3n) is 4.32. The summed E-state index contributed by atoms with van der Waals surface area (Å²) < 4.78 is 11.2. The van der Waals surface area contributed by atoms with Crippen LogP contribution in [0.3, 0.4) is 0 Å². The van der Waals surface area contributed by atoms with Crippen molar-refractivity contribution in [3.05, 3.63) is 56.9 Å². The average molecular weight is 452 g/mol. The molecule has 2 amide bonds. The van der Waals surface area contributed by atoms with Crippen molar-refractivity contribution in [1.82, 2.24) is 0 Å². The number of nitrogens with zero attached hydrogens (tertiary/aromatic N) is 1. The molecule has 152 valence electrons. The predicted octanol–water partition coefficient (Wildman–Crippen LogP) is 6.42. The SMILES string of the molecule is CC[C@@H](C)Oc1c(Cl)cc(/C=C2/SC(=O)N(c3ccc(Cl)cc3)C2=O)cc1OC. The van der Waals surface area contributed by atoms with Crippen LogP contribution < -0.4 is 14.4 Å². The number of carbonyl (C=O) groups is 2. The summed E-state index contributed by atoms with van der Waals surface area (Å²) in [5, 5.41) is 0.517. The lowest BCUT2D eigenvalue weighted by atomic mass is 10.1. The van der Waals surface area contributed by atoms with Gasteiger partial charge in [-0.2, -0.15) is 0 Å². The maximum Gasteiger partial charge on any atom is 0.298 e. The molecular weight excluding hydrogens is 433 g/mol. The van der Waals surface area contributed by atoms with Gasteiger partial charge in [-0.25, -0.2) is 4.90 Å². The van der Waals surface area contributed by atoms with Crippen LogP contribution in [-0.4, -0.2) is 24.4 Å². The van der Waals surface area contributed by atoms with Gasteiger partial charge < -0.3 is 9.47 Å². The van der Waals surface area contributed by atoms with Gasteiger partial charge in [0.1, 0.15) is 0 Å². The van der Waals surface area contributed by atoms with Crippen LogP contribution in [0.5, 0.6) is 11.5 Å². The summed E-state index contributed by atoms with van der Waals surface area (Å²) in [7, 11) is 1.52. The molecule has 0 N–H and O–H groups in total. The molecule has 29 heavy (non-hydrogen) atoms. The number of benzene rings is 2. The lowest BCUT2D eigenvalue weighted by Gasteiger charge is -2.17. The van der Waals surface area contributed by atoms with Gasteiger partial charge in [0.05, 0.1) is 28.8 Å². The van der Waals surface area contributed by atoms with Crippen molar-refractivity contribution in [3.63, 3.8) is 0 Å². The van der Waals surface area contributed by atoms with Gasteiger partial charge >= 0.3 is 0 Å². The first-order chi connectivity index (χ1) is 13.8. The minimum absolute atomic E-state index is 0.0249. The first kappa shape index (κ1) is 21.6. The zero-order chi connectivity index (χ0) is 21.1. The van der Waals surface area contributed by atoms with Gasteiger partial charge in [0.15, 0.2) is 11.5 Å². The van der Waals surface area contributed by atoms with Gasteiger partial charge in [0.2, 0.25) is 0 Å². The number of imide groups is 1. The molecule has 1 fully saturated rings. The van der Waals surface area contributed by atoms with Crippen LogP contribution in [0.15, 0.2) is 41.3 Å². The Morgan fingerprint density at radius 3 is 2.48 bits per heavy atom. The highest BCUT2D eigenvalue weighted by atomic mass is 35.5. The summed E-state index contributed by atoms with van der Waals surface area (Å²) in [4.78, 5) is 26.6. The normalized spacial score (nSPS) is 16.4. The summed E-state index contributed by atoms with van der Waals surface area (Å²) in [6.45, 7) is 3.95. The van der Waals surface area contributed by atoms with Crippen LogP contribution in [-0.2, 0) is 4.79 Å². The molecule has 5 nitrogen and oxygen atoms in total. The molecule has 0 saturated carbocycles. The second kappa shape index (κ2) is 9.11. The molecule has 0 unspecified atom stereocenters. The number of carbonyl (C=O) groups excluding carboxylic acids is 2. The van der Waals surface area contributed by atoms with Gasteiger partial charge in [-0.15, -0.1) is 0 Å². The number of hydrogen-bond donors (Lipinski definition) is 0. The smallest absolute Gasteiger partial charge is 0.298 e. The first-order valence-electron chi connectivity index (χ1n) is 8.91. The molecule has 0 aliphatic carbocycles. The van der Waals surface area contributed by atoms with Crippen molar-refractivity contribution in [2.24, 2.45) is 0 Å². The monoisotopic (exact) mass is 451 g/mol. The van der Waals surface area contributed by atoms with E-state index in [1.165, 1.54) is 7.11 Å². The quantitative estimate of drug-likeness (QED) is 0.474. The van der Waals surface area contributed by atoms with Crippen LogP contribution in [0, 0.1) is 0 Å². The maximum absolute atomic E-state index is 12.8. The molecule has 0 radical (unpaired) electrons. The third-order valence-corrected chi connectivity index (χ3v) is 5.72. The Bertz CT molecular complexity index is 975. The summed E-state index contributed by atoms with van der Waals surface area (Å²) in [6, 6.07) is 9.91. The van der Waals surface area contributed by atoms with E-state index in [1.54, 1.807) is 42.5 Å². The van der Waals surface area contributed by atoms with E-state index in [-0.39, 0.29) is 11.3 Å². The summed E-state index contributed by atoms with van der Waals surface area (Å²) >= 11 is 13.1. The van der Waals surface area contributed by atoms with Crippen molar-refractivity contribution in [3.8, 4) is 11.5 Å². The molecule has 1 aliphatic heterocycles. The Morgan fingerprint density at radius 2 is 1.86 bits per heavy atom. The van der Waals surface area contributed by atoms with Crippen LogP contribution in [0.1, 0.15) is 25.8 Å². The molecule has 0 spiro atoms. The topological polar surface area (TPSA) is 55.8 Å².